The minimum absolute atomic E-state index is 0.0842. The molecule has 0 aliphatic rings. The number of tetrazole rings is 1. The largest absolute Gasteiger partial charge is 0.248 e. The molecule has 7 nitrogen and oxygen atoms in total. The second kappa shape index (κ2) is 4.83. The molecule has 0 atom stereocenters. The van der Waals surface area contributed by atoms with E-state index in [9.17, 15) is 0 Å². The van der Waals surface area contributed by atoms with Gasteiger partial charge in [0.15, 0.2) is 5.82 Å². The zero-order valence-electron chi connectivity index (χ0n) is 11.3. The monoisotopic (exact) mass is 249 g/mol. The number of aromatic nitrogens is 7. The maximum Gasteiger partial charge on any atom is 0.157 e. The van der Waals surface area contributed by atoms with Gasteiger partial charge in [-0.05, 0) is 16.8 Å². The molecule has 0 aromatic carbocycles. The summed E-state index contributed by atoms with van der Waals surface area (Å²) in [5, 5.41) is 16.1. The molecule has 0 saturated carbocycles. The minimum Gasteiger partial charge on any atom is -0.248 e. The molecule has 18 heavy (non-hydrogen) atoms. The van der Waals surface area contributed by atoms with Crippen LogP contribution in [0.4, 0.5) is 0 Å². The van der Waals surface area contributed by atoms with E-state index in [2.05, 4.69) is 53.3 Å². The van der Waals surface area contributed by atoms with Crippen LogP contribution >= 0.6 is 0 Å². The maximum absolute atomic E-state index is 4.27. The highest BCUT2D eigenvalue weighted by Crippen LogP contribution is 2.18. The first-order chi connectivity index (χ1) is 8.52. The highest BCUT2D eigenvalue weighted by Gasteiger charge is 2.22. The summed E-state index contributed by atoms with van der Waals surface area (Å²) < 4.78 is 3.68. The Kier molecular flexibility index (Phi) is 3.40. The molecule has 0 aliphatic heterocycles. The predicted octanol–water partition coefficient (Wildman–Crippen LogP) is 1.02. The smallest absolute Gasteiger partial charge is 0.157 e. The van der Waals surface area contributed by atoms with Gasteiger partial charge in [-0.2, -0.15) is 5.10 Å². The minimum atomic E-state index is -0.0842. The summed E-state index contributed by atoms with van der Waals surface area (Å²) in [4.78, 5) is 4.27. The van der Waals surface area contributed by atoms with E-state index < -0.39 is 0 Å². The van der Waals surface area contributed by atoms with E-state index in [-0.39, 0.29) is 5.41 Å². The molecule has 2 heterocycles. The van der Waals surface area contributed by atoms with Gasteiger partial charge in [0.1, 0.15) is 18.7 Å². The number of hydrogen-bond acceptors (Lipinski definition) is 5. The fourth-order valence-electron chi connectivity index (χ4n) is 1.79. The Morgan fingerprint density at radius 2 is 2.00 bits per heavy atom. The van der Waals surface area contributed by atoms with Crippen molar-refractivity contribution in [1.82, 2.24) is 35.0 Å². The summed E-state index contributed by atoms with van der Waals surface area (Å²) in [6.45, 7) is 9.80. The molecule has 98 valence electrons. The molecule has 0 N–H and O–H groups in total. The van der Waals surface area contributed by atoms with Gasteiger partial charge in [-0.25, -0.2) is 14.3 Å². The van der Waals surface area contributed by atoms with Gasteiger partial charge in [-0.3, -0.25) is 0 Å². The molecule has 0 fully saturated rings. The van der Waals surface area contributed by atoms with Crippen molar-refractivity contribution >= 4 is 0 Å². The standard InChI is InChI=1S/C11H19N7/c1-5-6-17-9(12-8-13-17)7-18-10(11(2,3)4)14-15-16-18/h8H,5-7H2,1-4H3. The second-order valence-corrected chi connectivity index (χ2v) is 5.31. The summed E-state index contributed by atoms with van der Waals surface area (Å²) >= 11 is 0. The van der Waals surface area contributed by atoms with E-state index in [1.165, 1.54) is 0 Å². The van der Waals surface area contributed by atoms with Crippen molar-refractivity contribution in [2.45, 2.75) is 52.6 Å². The number of hydrogen-bond donors (Lipinski definition) is 0. The van der Waals surface area contributed by atoms with Crippen LogP contribution in [0.2, 0.25) is 0 Å². The summed E-state index contributed by atoms with van der Waals surface area (Å²) in [6.07, 6.45) is 2.60. The lowest BCUT2D eigenvalue weighted by atomic mass is 9.96. The van der Waals surface area contributed by atoms with E-state index in [4.69, 9.17) is 0 Å². The molecule has 0 bridgehead atoms. The highest BCUT2D eigenvalue weighted by atomic mass is 15.5. The van der Waals surface area contributed by atoms with Crippen molar-refractivity contribution in [3.05, 3.63) is 18.0 Å². The Morgan fingerprint density at radius 1 is 1.22 bits per heavy atom. The third kappa shape index (κ3) is 2.55. The van der Waals surface area contributed by atoms with Gasteiger partial charge in [0.05, 0.1) is 0 Å². The van der Waals surface area contributed by atoms with Crippen LogP contribution in [-0.4, -0.2) is 35.0 Å². The van der Waals surface area contributed by atoms with Gasteiger partial charge >= 0.3 is 0 Å². The first-order valence-electron chi connectivity index (χ1n) is 6.15. The first-order valence-corrected chi connectivity index (χ1v) is 6.15. The molecular formula is C11H19N7. The Bertz CT molecular complexity index is 505. The topological polar surface area (TPSA) is 74.3 Å². The first kappa shape index (κ1) is 12.7. The Hall–Kier alpha value is -1.79. The van der Waals surface area contributed by atoms with Crippen LogP contribution in [0.3, 0.4) is 0 Å². The lowest BCUT2D eigenvalue weighted by Crippen LogP contribution is -2.21. The van der Waals surface area contributed by atoms with Crippen LogP contribution in [0.25, 0.3) is 0 Å². The predicted molar refractivity (Wildman–Crippen MR) is 65.9 cm³/mol. The Labute approximate surface area is 106 Å². The lowest BCUT2D eigenvalue weighted by molar-refractivity contribution is 0.469. The summed E-state index contributed by atoms with van der Waals surface area (Å²) in [5.74, 6) is 1.74. The fraction of sp³-hybridized carbons (Fsp3) is 0.727. The lowest BCUT2D eigenvalue weighted by Gasteiger charge is -2.16. The van der Waals surface area contributed by atoms with Crippen LogP contribution in [-0.2, 0) is 18.5 Å². The van der Waals surface area contributed by atoms with Crippen LogP contribution in [0, 0.1) is 0 Å². The van der Waals surface area contributed by atoms with Gasteiger partial charge in [0.2, 0.25) is 0 Å². The fourth-order valence-corrected chi connectivity index (χ4v) is 1.79. The van der Waals surface area contributed by atoms with Crippen LogP contribution in [0.5, 0.6) is 0 Å². The Morgan fingerprint density at radius 3 is 2.67 bits per heavy atom. The van der Waals surface area contributed by atoms with Crippen molar-refractivity contribution in [2.24, 2.45) is 0 Å². The molecule has 0 unspecified atom stereocenters. The van der Waals surface area contributed by atoms with E-state index in [0.717, 1.165) is 24.6 Å². The van der Waals surface area contributed by atoms with Gasteiger partial charge in [-0.1, -0.05) is 27.7 Å². The van der Waals surface area contributed by atoms with Crippen LogP contribution in [0.1, 0.15) is 45.8 Å². The molecule has 0 saturated heterocycles. The van der Waals surface area contributed by atoms with E-state index in [0.29, 0.717) is 6.54 Å². The Balaban J connectivity index is 2.24. The van der Waals surface area contributed by atoms with Gasteiger partial charge < -0.3 is 0 Å². The van der Waals surface area contributed by atoms with Gasteiger partial charge in [0.25, 0.3) is 0 Å². The average molecular weight is 249 g/mol. The van der Waals surface area contributed by atoms with Gasteiger partial charge in [0, 0.05) is 12.0 Å². The second-order valence-electron chi connectivity index (χ2n) is 5.31. The molecule has 2 aromatic rings. The molecule has 0 aliphatic carbocycles. The van der Waals surface area contributed by atoms with E-state index >= 15 is 0 Å². The summed E-state index contributed by atoms with van der Waals surface area (Å²) in [6, 6.07) is 0. The molecule has 0 amide bonds. The third-order valence-electron chi connectivity index (χ3n) is 2.63. The number of nitrogens with zero attached hydrogens (tertiary/aromatic N) is 7. The van der Waals surface area contributed by atoms with Crippen LogP contribution < -0.4 is 0 Å². The van der Waals surface area contributed by atoms with Crippen molar-refractivity contribution in [1.29, 1.82) is 0 Å². The quantitative estimate of drug-likeness (QED) is 0.808. The molecule has 7 heteroatoms. The molecular weight excluding hydrogens is 230 g/mol. The van der Waals surface area contributed by atoms with Crippen molar-refractivity contribution in [3.8, 4) is 0 Å². The SMILES string of the molecule is CCCn1ncnc1Cn1nnnc1C(C)(C)C. The van der Waals surface area contributed by atoms with Gasteiger partial charge in [-0.15, -0.1) is 5.10 Å². The summed E-state index contributed by atoms with van der Waals surface area (Å²) in [7, 11) is 0. The zero-order chi connectivity index (χ0) is 13.2. The molecule has 0 spiro atoms. The molecule has 2 aromatic heterocycles. The molecule has 0 radical (unpaired) electrons. The van der Waals surface area contributed by atoms with Crippen molar-refractivity contribution in [3.63, 3.8) is 0 Å². The normalized spacial score (nSPS) is 12.0. The van der Waals surface area contributed by atoms with Crippen LogP contribution in [0.15, 0.2) is 6.33 Å². The van der Waals surface area contributed by atoms with Crippen molar-refractivity contribution in [2.75, 3.05) is 0 Å². The van der Waals surface area contributed by atoms with Crippen molar-refractivity contribution < 1.29 is 0 Å². The van der Waals surface area contributed by atoms with E-state index in [1.54, 1.807) is 11.0 Å². The molecule has 2 rings (SSSR count). The average Bonchev–Trinajstić information content (AvgIpc) is 2.88. The number of rotatable bonds is 4. The highest BCUT2D eigenvalue weighted by molar-refractivity contribution is 5.00. The number of aryl methyl sites for hydroxylation is 1. The summed E-state index contributed by atoms with van der Waals surface area (Å²) in [5.41, 5.74) is -0.0842. The maximum atomic E-state index is 4.27. The van der Waals surface area contributed by atoms with E-state index in [1.807, 2.05) is 4.68 Å². The zero-order valence-corrected chi connectivity index (χ0v) is 11.3. The third-order valence-corrected chi connectivity index (χ3v) is 2.63.